The number of nitrogens with zero attached hydrogens (tertiary/aromatic N) is 2. The fourth-order valence-corrected chi connectivity index (χ4v) is 7.05. The lowest BCUT2D eigenvalue weighted by Crippen LogP contribution is -1.97. The zero-order valence-corrected chi connectivity index (χ0v) is 24.6. The van der Waals surface area contributed by atoms with E-state index in [1.165, 1.54) is 43.6 Å². The molecule has 0 unspecified atom stereocenters. The Labute approximate surface area is 261 Å². The van der Waals surface area contributed by atoms with Crippen molar-refractivity contribution in [2.75, 3.05) is 5.73 Å². The van der Waals surface area contributed by atoms with E-state index in [4.69, 9.17) is 5.73 Å². The van der Waals surface area contributed by atoms with Gasteiger partial charge in [-0.1, -0.05) is 115 Å². The minimum absolute atomic E-state index is 0.784. The van der Waals surface area contributed by atoms with Crippen molar-refractivity contribution in [3.63, 3.8) is 0 Å². The Kier molecular flexibility index (Phi) is 5.66. The molecule has 2 aromatic heterocycles. The maximum atomic E-state index is 6.90. The van der Waals surface area contributed by atoms with Crippen LogP contribution in [0.1, 0.15) is 0 Å². The first kappa shape index (κ1) is 25.4. The first-order valence-corrected chi connectivity index (χ1v) is 15.3. The van der Waals surface area contributed by atoms with Crippen LogP contribution in [-0.4, -0.2) is 9.13 Å². The molecule has 0 aliphatic heterocycles. The Morgan fingerprint density at radius 1 is 0.311 bits per heavy atom. The van der Waals surface area contributed by atoms with Crippen molar-refractivity contribution in [3.05, 3.63) is 164 Å². The molecule has 0 aliphatic rings. The summed E-state index contributed by atoms with van der Waals surface area (Å²) in [6.07, 6.45) is 0. The van der Waals surface area contributed by atoms with Crippen molar-refractivity contribution in [1.82, 2.24) is 9.13 Å². The van der Waals surface area contributed by atoms with Crippen LogP contribution in [0.3, 0.4) is 0 Å². The van der Waals surface area contributed by atoms with E-state index in [-0.39, 0.29) is 0 Å². The Morgan fingerprint density at radius 3 is 0.956 bits per heavy atom. The van der Waals surface area contributed by atoms with Gasteiger partial charge in [0.15, 0.2) is 0 Å². The zero-order valence-electron chi connectivity index (χ0n) is 24.6. The molecule has 3 heteroatoms. The van der Waals surface area contributed by atoms with Crippen LogP contribution in [0, 0.1) is 0 Å². The van der Waals surface area contributed by atoms with Gasteiger partial charge < -0.3 is 14.9 Å². The topological polar surface area (TPSA) is 35.9 Å². The van der Waals surface area contributed by atoms with Gasteiger partial charge in [-0.2, -0.15) is 0 Å². The van der Waals surface area contributed by atoms with Gasteiger partial charge in [0.05, 0.1) is 22.1 Å². The number of anilines is 1. The lowest BCUT2D eigenvalue weighted by atomic mass is 9.96. The van der Waals surface area contributed by atoms with Crippen LogP contribution >= 0.6 is 0 Å². The monoisotopic (exact) mass is 575 g/mol. The van der Waals surface area contributed by atoms with Crippen LogP contribution in [-0.2, 0) is 0 Å². The summed E-state index contributed by atoms with van der Waals surface area (Å²) in [5, 5.41) is 5.05. The molecule has 9 rings (SSSR count). The fraction of sp³-hybridized carbons (Fsp3) is 0. The first-order valence-electron chi connectivity index (χ1n) is 15.3. The summed E-state index contributed by atoms with van der Waals surface area (Å²) in [5.74, 6) is 0. The van der Waals surface area contributed by atoms with Crippen molar-refractivity contribution in [2.24, 2.45) is 0 Å². The molecule has 3 nitrogen and oxygen atoms in total. The Morgan fingerprint density at radius 2 is 0.622 bits per heavy atom. The number of rotatable bonds is 4. The smallest absolute Gasteiger partial charge is 0.0541 e. The Hall–Kier alpha value is -6.06. The molecule has 0 radical (unpaired) electrons. The van der Waals surface area contributed by atoms with E-state index in [0.717, 1.165) is 39.3 Å². The molecule has 7 aromatic carbocycles. The highest BCUT2D eigenvalue weighted by atomic mass is 15.0. The first-order chi connectivity index (χ1) is 22.3. The highest BCUT2D eigenvalue weighted by molar-refractivity contribution is 6.10. The quantitative estimate of drug-likeness (QED) is 0.208. The second-order valence-corrected chi connectivity index (χ2v) is 11.6. The van der Waals surface area contributed by atoms with Gasteiger partial charge in [-0.05, 0) is 59.7 Å². The van der Waals surface area contributed by atoms with Crippen molar-refractivity contribution in [3.8, 4) is 33.6 Å². The van der Waals surface area contributed by atoms with Gasteiger partial charge >= 0.3 is 0 Å². The lowest BCUT2D eigenvalue weighted by molar-refractivity contribution is 1.18. The van der Waals surface area contributed by atoms with Crippen LogP contribution in [0.4, 0.5) is 5.69 Å². The average molecular weight is 576 g/mol. The molecule has 2 heterocycles. The van der Waals surface area contributed by atoms with Gasteiger partial charge in [0.1, 0.15) is 0 Å². The third-order valence-electron chi connectivity index (χ3n) is 9.14. The van der Waals surface area contributed by atoms with Crippen molar-refractivity contribution >= 4 is 49.3 Å². The number of para-hydroxylation sites is 5. The van der Waals surface area contributed by atoms with E-state index < -0.39 is 0 Å². The molecule has 0 fully saturated rings. The lowest BCUT2D eigenvalue weighted by Gasteiger charge is -2.14. The number of benzene rings is 7. The molecule has 2 N–H and O–H groups in total. The number of nitrogens with two attached hydrogens (primary N) is 1. The zero-order chi connectivity index (χ0) is 29.9. The molecule has 0 spiro atoms. The molecule has 0 bridgehead atoms. The highest BCUT2D eigenvalue weighted by Crippen LogP contribution is 2.38. The predicted molar refractivity (Wildman–Crippen MR) is 190 cm³/mol. The normalized spacial score (nSPS) is 11.6. The van der Waals surface area contributed by atoms with Crippen molar-refractivity contribution in [1.29, 1.82) is 0 Å². The van der Waals surface area contributed by atoms with Crippen LogP contribution in [0.2, 0.25) is 0 Å². The Balaban J connectivity index is 1.09. The summed E-state index contributed by atoms with van der Waals surface area (Å²) < 4.78 is 4.68. The summed E-state index contributed by atoms with van der Waals surface area (Å²) in [4.78, 5) is 0. The average Bonchev–Trinajstić information content (AvgIpc) is 3.62. The predicted octanol–water partition coefficient (Wildman–Crippen LogP) is 10.8. The molecule has 0 aliphatic carbocycles. The molecular formula is C42H29N3. The van der Waals surface area contributed by atoms with Gasteiger partial charge in [0.25, 0.3) is 0 Å². The summed E-state index contributed by atoms with van der Waals surface area (Å²) in [6.45, 7) is 0. The number of nitrogen functional groups attached to an aromatic ring is 1. The van der Waals surface area contributed by atoms with Gasteiger partial charge in [0, 0.05) is 49.7 Å². The number of fused-ring (bicyclic) bond motifs is 6. The number of hydrogen-bond donors (Lipinski definition) is 1. The standard InChI is InChI=1S/C42H29N3/c43-42-32(28-20-24-30(25-21-28)44-38-16-5-1-10-34(38)35-11-2-6-17-39(35)44)14-9-15-33(42)29-22-26-31(27-23-29)45-40-18-7-3-12-36(40)37-13-4-8-19-41(37)45/h1-27H,43H2. The third-order valence-corrected chi connectivity index (χ3v) is 9.14. The molecule has 0 amide bonds. The van der Waals surface area contributed by atoms with Crippen molar-refractivity contribution in [2.45, 2.75) is 0 Å². The molecule has 0 saturated carbocycles. The van der Waals surface area contributed by atoms with Gasteiger partial charge in [0.2, 0.25) is 0 Å². The molecule has 0 saturated heterocycles. The summed E-state index contributed by atoms with van der Waals surface area (Å²) in [6, 6.07) is 58.2. The van der Waals surface area contributed by atoms with Crippen LogP contribution in [0.25, 0.3) is 77.2 Å². The van der Waals surface area contributed by atoms with E-state index in [2.05, 4.69) is 173 Å². The Bertz CT molecular complexity index is 2250. The molecule has 45 heavy (non-hydrogen) atoms. The van der Waals surface area contributed by atoms with E-state index in [1.54, 1.807) is 0 Å². The summed E-state index contributed by atoms with van der Waals surface area (Å²) in [5.41, 5.74) is 19.0. The van der Waals surface area contributed by atoms with E-state index in [9.17, 15) is 0 Å². The highest BCUT2D eigenvalue weighted by Gasteiger charge is 2.15. The SMILES string of the molecule is Nc1c(-c2ccc(-n3c4ccccc4c4ccccc43)cc2)cccc1-c1ccc(-n2c3ccccc3c3ccccc32)cc1. The molecule has 212 valence electrons. The molecular weight excluding hydrogens is 546 g/mol. The number of hydrogen-bond acceptors (Lipinski definition) is 1. The maximum Gasteiger partial charge on any atom is 0.0541 e. The minimum atomic E-state index is 0.784. The van der Waals surface area contributed by atoms with E-state index in [0.29, 0.717) is 0 Å². The van der Waals surface area contributed by atoms with Gasteiger partial charge in [-0.25, -0.2) is 0 Å². The largest absolute Gasteiger partial charge is 0.398 e. The van der Waals surface area contributed by atoms with Gasteiger partial charge in [-0.15, -0.1) is 0 Å². The minimum Gasteiger partial charge on any atom is -0.398 e. The van der Waals surface area contributed by atoms with Crippen LogP contribution in [0.5, 0.6) is 0 Å². The number of aromatic nitrogens is 2. The second-order valence-electron chi connectivity index (χ2n) is 11.6. The molecule has 0 atom stereocenters. The van der Waals surface area contributed by atoms with E-state index >= 15 is 0 Å². The fourth-order valence-electron chi connectivity index (χ4n) is 7.05. The van der Waals surface area contributed by atoms with Gasteiger partial charge in [-0.3, -0.25) is 0 Å². The second kappa shape index (κ2) is 10.0. The third kappa shape index (κ3) is 3.91. The van der Waals surface area contributed by atoms with Crippen molar-refractivity contribution < 1.29 is 0 Å². The maximum absolute atomic E-state index is 6.90. The summed E-state index contributed by atoms with van der Waals surface area (Å²) >= 11 is 0. The summed E-state index contributed by atoms with van der Waals surface area (Å²) in [7, 11) is 0. The molecule has 9 aromatic rings. The van der Waals surface area contributed by atoms with E-state index in [1.807, 2.05) is 0 Å². The van der Waals surface area contributed by atoms with Crippen LogP contribution < -0.4 is 5.73 Å². The van der Waals surface area contributed by atoms with Crippen LogP contribution in [0.15, 0.2) is 164 Å².